The molecule has 0 spiro atoms. The lowest BCUT2D eigenvalue weighted by molar-refractivity contribution is 0.166. The summed E-state index contributed by atoms with van der Waals surface area (Å²) in [4.78, 5) is 10.3. The van der Waals surface area contributed by atoms with Gasteiger partial charge in [0.1, 0.15) is 6.10 Å². The summed E-state index contributed by atoms with van der Waals surface area (Å²) >= 11 is 0. The molecule has 15 heavy (non-hydrogen) atoms. The Morgan fingerprint density at radius 2 is 2.00 bits per heavy atom. The molecule has 0 amide bonds. The molecule has 1 rings (SSSR count). The topological polar surface area (TPSA) is 26.3 Å². The van der Waals surface area contributed by atoms with Gasteiger partial charge < -0.3 is 4.74 Å². The van der Waals surface area contributed by atoms with E-state index in [9.17, 15) is 4.79 Å². The van der Waals surface area contributed by atoms with Crippen molar-refractivity contribution in [2.45, 2.75) is 38.7 Å². The summed E-state index contributed by atoms with van der Waals surface area (Å²) in [5.74, 6) is 0. The average Bonchev–Trinajstić information content (AvgIpc) is 2.29. The van der Waals surface area contributed by atoms with E-state index in [0.717, 1.165) is 18.4 Å². The Morgan fingerprint density at radius 3 is 2.60 bits per heavy atom. The fourth-order valence-corrected chi connectivity index (χ4v) is 1.60. The van der Waals surface area contributed by atoms with Crippen LogP contribution in [0, 0.1) is 0 Å². The molecule has 2 nitrogen and oxygen atoms in total. The van der Waals surface area contributed by atoms with E-state index in [4.69, 9.17) is 4.74 Å². The van der Waals surface area contributed by atoms with Crippen LogP contribution in [0.1, 0.15) is 44.3 Å². The van der Waals surface area contributed by atoms with Gasteiger partial charge in [-0.1, -0.05) is 50.1 Å². The van der Waals surface area contributed by atoms with Crippen LogP contribution in [0.5, 0.6) is 0 Å². The molecule has 1 radical (unpaired) electrons. The summed E-state index contributed by atoms with van der Waals surface area (Å²) in [6, 6.07) is 9.83. The molecule has 2 heteroatoms. The predicted octanol–water partition coefficient (Wildman–Crippen LogP) is 3.39. The monoisotopic (exact) mass is 205 g/mol. The Bertz CT molecular complexity index is 269. The highest BCUT2D eigenvalue weighted by Gasteiger charge is 2.11. The summed E-state index contributed by atoms with van der Waals surface area (Å²) in [6.07, 6.45) is 4.18. The maximum absolute atomic E-state index is 10.3. The van der Waals surface area contributed by atoms with Crippen LogP contribution in [0.3, 0.4) is 0 Å². The fourth-order valence-electron chi connectivity index (χ4n) is 1.60. The van der Waals surface area contributed by atoms with E-state index in [-0.39, 0.29) is 6.10 Å². The second kappa shape index (κ2) is 7.04. The summed E-state index contributed by atoms with van der Waals surface area (Å²) in [6.45, 7) is 3.70. The first-order chi connectivity index (χ1) is 7.38. The van der Waals surface area contributed by atoms with Gasteiger partial charge in [0, 0.05) is 0 Å². The Balaban J connectivity index is 2.53. The molecule has 0 aromatic heterocycles. The lowest BCUT2D eigenvalue weighted by Crippen LogP contribution is -2.03. The molecule has 1 unspecified atom stereocenters. The van der Waals surface area contributed by atoms with Crippen LogP contribution in [-0.2, 0) is 9.53 Å². The van der Waals surface area contributed by atoms with E-state index in [1.165, 1.54) is 12.8 Å². The van der Waals surface area contributed by atoms with Gasteiger partial charge in [-0.3, -0.25) is 0 Å². The van der Waals surface area contributed by atoms with Gasteiger partial charge in [0.15, 0.2) is 0 Å². The maximum Gasteiger partial charge on any atom is 0.418 e. The average molecular weight is 205 g/mol. The van der Waals surface area contributed by atoms with Gasteiger partial charge in [-0.25, -0.2) is 4.79 Å². The van der Waals surface area contributed by atoms with E-state index in [1.54, 1.807) is 6.47 Å². The minimum Gasteiger partial charge on any atom is -0.449 e. The molecular formula is C13H17O2. The molecule has 0 fully saturated rings. The van der Waals surface area contributed by atoms with Crippen molar-refractivity contribution in [1.29, 1.82) is 0 Å². The summed E-state index contributed by atoms with van der Waals surface area (Å²) in [7, 11) is 0. The highest BCUT2D eigenvalue weighted by atomic mass is 16.5. The third-order valence-electron chi connectivity index (χ3n) is 2.43. The largest absolute Gasteiger partial charge is 0.449 e. The van der Waals surface area contributed by atoms with E-state index in [1.807, 2.05) is 30.3 Å². The molecule has 0 saturated heterocycles. The van der Waals surface area contributed by atoms with Crippen LogP contribution in [0.4, 0.5) is 0 Å². The van der Waals surface area contributed by atoms with Crippen molar-refractivity contribution in [2.75, 3.05) is 0 Å². The minimum absolute atomic E-state index is 0.129. The molecule has 0 heterocycles. The first-order valence-electron chi connectivity index (χ1n) is 5.46. The van der Waals surface area contributed by atoms with Crippen molar-refractivity contribution in [1.82, 2.24) is 0 Å². The molecule has 1 aromatic carbocycles. The van der Waals surface area contributed by atoms with Gasteiger partial charge in [-0.2, -0.15) is 0 Å². The van der Waals surface area contributed by atoms with E-state index >= 15 is 0 Å². The molecule has 0 aliphatic rings. The Morgan fingerprint density at radius 1 is 1.27 bits per heavy atom. The fraction of sp³-hybridized carbons (Fsp3) is 0.462. The zero-order valence-electron chi connectivity index (χ0n) is 9.11. The van der Waals surface area contributed by atoms with Crippen LogP contribution < -0.4 is 0 Å². The summed E-state index contributed by atoms with van der Waals surface area (Å²) in [5, 5.41) is 0. The van der Waals surface area contributed by atoms with Crippen LogP contribution >= 0.6 is 0 Å². The zero-order valence-corrected chi connectivity index (χ0v) is 9.11. The van der Waals surface area contributed by atoms with Gasteiger partial charge in [-0.15, -0.1) is 0 Å². The van der Waals surface area contributed by atoms with E-state index in [0.29, 0.717) is 0 Å². The highest BCUT2D eigenvalue weighted by molar-refractivity contribution is 5.39. The van der Waals surface area contributed by atoms with Gasteiger partial charge in [-0.05, 0) is 18.4 Å². The van der Waals surface area contributed by atoms with Crippen molar-refractivity contribution < 1.29 is 9.53 Å². The third kappa shape index (κ3) is 4.15. The molecule has 1 atom stereocenters. The van der Waals surface area contributed by atoms with Crippen molar-refractivity contribution in [2.24, 2.45) is 0 Å². The third-order valence-corrected chi connectivity index (χ3v) is 2.43. The number of rotatable bonds is 7. The van der Waals surface area contributed by atoms with Crippen LogP contribution in [0.25, 0.3) is 0 Å². The lowest BCUT2D eigenvalue weighted by Gasteiger charge is -2.14. The van der Waals surface area contributed by atoms with Gasteiger partial charge in [0.2, 0.25) is 0 Å². The standard InChI is InChI=1S/C13H17O2/c1-2-3-5-10-13(15-11-14)12-8-6-4-7-9-12/h4,6-9,13H,2-3,5,10H2,1H3. The number of benzene rings is 1. The van der Waals surface area contributed by atoms with Crippen molar-refractivity contribution in [3.63, 3.8) is 0 Å². The predicted molar refractivity (Wildman–Crippen MR) is 60.1 cm³/mol. The minimum atomic E-state index is -0.129. The Hall–Kier alpha value is -1.31. The molecular weight excluding hydrogens is 188 g/mol. The maximum atomic E-state index is 10.3. The molecule has 0 saturated carbocycles. The highest BCUT2D eigenvalue weighted by Crippen LogP contribution is 2.22. The number of ether oxygens (including phenoxy) is 1. The first kappa shape index (κ1) is 11.8. The second-order valence-electron chi connectivity index (χ2n) is 3.60. The molecule has 0 N–H and O–H groups in total. The Labute approximate surface area is 91.3 Å². The Kier molecular flexibility index (Phi) is 5.52. The van der Waals surface area contributed by atoms with E-state index < -0.39 is 0 Å². The first-order valence-corrected chi connectivity index (χ1v) is 5.46. The van der Waals surface area contributed by atoms with Crippen molar-refractivity contribution in [3.05, 3.63) is 35.9 Å². The van der Waals surface area contributed by atoms with Crippen LogP contribution in [0.15, 0.2) is 30.3 Å². The zero-order chi connectivity index (χ0) is 10.9. The van der Waals surface area contributed by atoms with Crippen molar-refractivity contribution in [3.8, 4) is 0 Å². The number of carbonyl (C=O) groups excluding carboxylic acids is 1. The summed E-state index contributed by atoms with van der Waals surface area (Å²) in [5.41, 5.74) is 1.05. The molecule has 0 aliphatic heterocycles. The van der Waals surface area contributed by atoms with Crippen LogP contribution in [-0.4, -0.2) is 6.47 Å². The number of hydrogen-bond donors (Lipinski definition) is 0. The smallest absolute Gasteiger partial charge is 0.418 e. The van der Waals surface area contributed by atoms with Crippen molar-refractivity contribution >= 4 is 6.47 Å². The van der Waals surface area contributed by atoms with Gasteiger partial charge in [0.05, 0.1) is 0 Å². The second-order valence-corrected chi connectivity index (χ2v) is 3.60. The quantitative estimate of drug-likeness (QED) is 0.638. The number of hydrogen-bond acceptors (Lipinski definition) is 2. The molecule has 0 bridgehead atoms. The number of unbranched alkanes of at least 4 members (excludes halogenated alkanes) is 2. The lowest BCUT2D eigenvalue weighted by atomic mass is 10.0. The van der Waals surface area contributed by atoms with Gasteiger partial charge >= 0.3 is 6.47 Å². The van der Waals surface area contributed by atoms with E-state index in [2.05, 4.69) is 6.92 Å². The van der Waals surface area contributed by atoms with Gasteiger partial charge in [0.25, 0.3) is 0 Å². The summed E-state index contributed by atoms with van der Waals surface area (Å²) < 4.78 is 4.97. The SMILES string of the molecule is CCCCCC(O[C]=O)c1ccccc1. The normalized spacial score (nSPS) is 12.1. The molecule has 0 aliphatic carbocycles. The molecule has 1 aromatic rings. The van der Waals surface area contributed by atoms with Crippen LogP contribution in [0.2, 0.25) is 0 Å². The molecule has 81 valence electrons.